The van der Waals surface area contributed by atoms with Crippen molar-refractivity contribution in [2.45, 2.75) is 254 Å². The van der Waals surface area contributed by atoms with Crippen LogP contribution >= 0.6 is 46.4 Å². The van der Waals surface area contributed by atoms with Gasteiger partial charge in [0.2, 0.25) is 23.8 Å². The van der Waals surface area contributed by atoms with Gasteiger partial charge in [0.15, 0.2) is 0 Å². The molecule has 0 bridgehead atoms. The number of aromatic nitrogens is 8. The first kappa shape index (κ1) is 103. The second-order valence-corrected chi connectivity index (χ2v) is 46.5. The van der Waals surface area contributed by atoms with Crippen molar-refractivity contribution < 1.29 is 30.0 Å². The quantitative estimate of drug-likeness (QED) is 0.0226. The maximum Gasteiger partial charge on any atom is 0.309 e. The molecule has 12 aliphatic rings. The van der Waals surface area contributed by atoms with Gasteiger partial charge in [-0.1, -0.05) is 94.9 Å². The van der Waals surface area contributed by atoms with E-state index in [9.17, 15) is 30.0 Å². The molecule has 4 aromatic carbocycles. The number of carboxylic acid groups (broad SMARTS) is 2. The second kappa shape index (κ2) is 44.6. The third-order valence-electron chi connectivity index (χ3n) is 33.1. The number of rotatable bonds is 28. The minimum Gasteiger partial charge on any atom is -0.481 e. The van der Waals surface area contributed by atoms with Gasteiger partial charge < -0.3 is 80.9 Å². The largest absolute Gasteiger partial charge is 0.481 e. The first-order chi connectivity index (χ1) is 67.0. The van der Waals surface area contributed by atoms with Crippen molar-refractivity contribution in [3.8, 4) is 0 Å². The maximum absolute atomic E-state index is 11.5. The summed E-state index contributed by atoms with van der Waals surface area (Å²) < 4.78 is 0. The molecule has 140 heavy (non-hydrogen) atoms. The minimum absolute atomic E-state index is 0.0362. The molecule has 8 saturated heterocycles. The number of fused-ring (bicyclic) bond motifs is 1. The van der Waals surface area contributed by atoms with Gasteiger partial charge in [0.05, 0.1) is 46.8 Å². The molecule has 3 saturated carbocycles. The summed E-state index contributed by atoms with van der Waals surface area (Å²) in [5.41, 5.74) is 13.3. The number of aliphatic carboxylic acids is 2. The van der Waals surface area contributed by atoms with Gasteiger partial charge in [-0.05, 0) is 354 Å². The molecule has 0 unspecified atom stereocenters. The predicted molar refractivity (Wildman–Crippen MR) is 565 cm³/mol. The Morgan fingerprint density at radius 3 is 1.11 bits per heavy atom. The predicted octanol–water partition coefficient (Wildman–Crippen LogP) is 20.1. The molecule has 0 radical (unpaired) electrons. The van der Waals surface area contributed by atoms with Crippen LogP contribution in [0.1, 0.15) is 241 Å². The number of carbonyl (C=O) groups is 2. The molecule has 0 amide bonds. The highest BCUT2D eigenvalue weighted by molar-refractivity contribution is 6.32. The third-order valence-corrected chi connectivity index (χ3v) is 34.4. The molecular weight excluding hydrogens is 1840 g/mol. The number of carboxylic acids is 2. The number of aliphatic hydroxyl groups excluding tert-OH is 1. The molecule has 8 atom stereocenters. The van der Waals surface area contributed by atoms with E-state index in [0.717, 1.165) is 283 Å². The van der Waals surface area contributed by atoms with Gasteiger partial charge >= 0.3 is 11.9 Å². The average molecular weight is 1990 g/mol. The Morgan fingerprint density at radius 1 is 0.429 bits per heavy atom. The average Bonchev–Trinajstić information content (AvgIpc) is 1.58. The topological polar surface area (TPSA) is 292 Å². The van der Waals surface area contributed by atoms with Crippen LogP contribution in [0.2, 0.25) is 20.1 Å². The van der Waals surface area contributed by atoms with E-state index in [1.54, 1.807) is 0 Å². The number of aryl methyl sites for hydroxylation is 8. The molecule has 8 aliphatic heterocycles. The summed E-state index contributed by atoms with van der Waals surface area (Å²) in [4.78, 5) is 80.8. The number of nitrogens with one attached hydrogen (secondary N) is 4. The van der Waals surface area contributed by atoms with Crippen molar-refractivity contribution in [1.29, 1.82) is 0 Å². The van der Waals surface area contributed by atoms with Gasteiger partial charge in [0.25, 0.3) is 0 Å². The molecule has 756 valence electrons. The number of aliphatic hydroxyl groups is 2. The van der Waals surface area contributed by atoms with Crippen molar-refractivity contribution >= 4 is 105 Å². The first-order valence-corrected chi connectivity index (χ1v) is 53.7. The van der Waals surface area contributed by atoms with Crippen molar-refractivity contribution in [3.05, 3.63) is 184 Å². The minimum atomic E-state index is -0.642. The van der Waals surface area contributed by atoms with Crippen LogP contribution in [0.15, 0.2) is 91.4 Å². The molecule has 26 nitrogen and oxygen atoms in total. The van der Waals surface area contributed by atoms with Crippen LogP contribution in [0, 0.1) is 113 Å². The van der Waals surface area contributed by atoms with Crippen molar-refractivity contribution in [1.82, 2.24) is 59.5 Å². The van der Waals surface area contributed by atoms with Gasteiger partial charge in [-0.3, -0.25) is 9.59 Å². The number of hydrogen-bond donors (Lipinski definition) is 8. The van der Waals surface area contributed by atoms with Crippen molar-refractivity contribution in [3.63, 3.8) is 0 Å². The molecule has 8 N–H and O–H groups in total. The van der Waals surface area contributed by atoms with Gasteiger partial charge in [0.1, 0.15) is 23.3 Å². The lowest BCUT2D eigenvalue weighted by molar-refractivity contribution is -0.158. The van der Waals surface area contributed by atoms with Crippen molar-refractivity contribution in [2.75, 3.05) is 159 Å². The first-order valence-electron chi connectivity index (χ1n) is 52.2. The number of anilines is 8. The lowest BCUT2D eigenvalue weighted by Gasteiger charge is -2.52. The number of nitrogens with zero attached hydrogens (tertiary/aromatic N) is 16. The zero-order valence-electron chi connectivity index (χ0n) is 85.0. The molecule has 12 heterocycles. The van der Waals surface area contributed by atoms with E-state index in [-0.39, 0.29) is 30.1 Å². The highest BCUT2D eigenvalue weighted by Crippen LogP contribution is 2.48. The molecule has 0 spiro atoms. The van der Waals surface area contributed by atoms with Gasteiger partial charge in [-0.2, -0.15) is 19.9 Å². The third kappa shape index (κ3) is 24.5. The summed E-state index contributed by atoms with van der Waals surface area (Å²) in [6.07, 6.45) is 24.6. The number of halogens is 4. The number of hydrogen-bond acceptors (Lipinski definition) is 24. The molecule has 11 fully saturated rings. The van der Waals surface area contributed by atoms with Gasteiger partial charge in [-0.25, -0.2) is 19.9 Å². The molecule has 20 rings (SSSR count). The number of β-amino-alcohol motifs (C(OH)–C–C–N with tert-alkyl or cyclic N) is 1. The Bertz CT molecular complexity index is 5630. The van der Waals surface area contributed by atoms with Crippen LogP contribution in [-0.2, 0) is 22.4 Å². The van der Waals surface area contributed by atoms with Crippen LogP contribution in [-0.4, -0.2) is 233 Å². The smallest absolute Gasteiger partial charge is 0.309 e. The highest BCUT2D eigenvalue weighted by atomic mass is 35.5. The molecule has 30 heteroatoms. The van der Waals surface area contributed by atoms with Crippen LogP contribution in [0.5, 0.6) is 0 Å². The fourth-order valence-electron chi connectivity index (χ4n) is 23.9. The summed E-state index contributed by atoms with van der Waals surface area (Å²) in [6, 6.07) is 26.6. The fraction of sp³-hybridized carbons (Fsp3) is 0.618. The van der Waals surface area contributed by atoms with Crippen LogP contribution in [0.4, 0.5) is 47.1 Å². The van der Waals surface area contributed by atoms with Gasteiger partial charge in [-0.15, -0.1) is 0 Å². The molecule has 4 aliphatic carbocycles. The Labute approximate surface area is 850 Å². The van der Waals surface area contributed by atoms with E-state index >= 15 is 0 Å². The van der Waals surface area contributed by atoms with Crippen LogP contribution in [0.3, 0.4) is 0 Å². The Morgan fingerprint density at radius 2 is 0.764 bits per heavy atom. The van der Waals surface area contributed by atoms with E-state index in [1.165, 1.54) is 88.6 Å². The molecule has 8 aromatic rings. The van der Waals surface area contributed by atoms with E-state index in [4.69, 9.17) is 71.3 Å². The summed E-state index contributed by atoms with van der Waals surface area (Å²) in [7, 11) is 0. The summed E-state index contributed by atoms with van der Waals surface area (Å²) in [6.45, 7) is 46.8. The summed E-state index contributed by atoms with van der Waals surface area (Å²) in [5, 5.41) is 55.6. The normalized spacial score (nSPS) is 25.6. The summed E-state index contributed by atoms with van der Waals surface area (Å²) in [5.74, 6) is 11.5. The number of benzene rings is 4. The monoisotopic (exact) mass is 1990 g/mol. The highest BCUT2D eigenvalue weighted by Gasteiger charge is 2.51. The van der Waals surface area contributed by atoms with E-state index in [0.29, 0.717) is 66.2 Å². The maximum atomic E-state index is 11.5. The van der Waals surface area contributed by atoms with Crippen molar-refractivity contribution in [2.24, 2.45) is 64.6 Å². The van der Waals surface area contributed by atoms with E-state index < -0.39 is 23.0 Å². The lowest BCUT2D eigenvalue weighted by atomic mass is 9.65. The number of piperidine rings is 4. The second-order valence-electron chi connectivity index (χ2n) is 44.9. The molecule has 4 aromatic heterocycles. The van der Waals surface area contributed by atoms with Gasteiger partial charge in [0, 0.05) is 171 Å². The Balaban J connectivity index is 0.000000129. The zero-order chi connectivity index (χ0) is 98.9. The van der Waals surface area contributed by atoms with Crippen LogP contribution < -0.4 is 40.9 Å². The lowest BCUT2D eigenvalue weighted by Crippen LogP contribution is -2.58. The fourth-order valence-corrected chi connectivity index (χ4v) is 25.5. The molecular formula is C110H152Cl4N20O6. The Hall–Kier alpha value is -8.54. The number of likely N-dealkylation sites (tertiary alicyclic amines) is 4. The standard InChI is InChI=1S/C30H40ClN5O2.C27H36ClN5O2.C27H38ClN5O.C26H38ClN5O/c1-18-9-10-23(25(31)12-18)19(2)32-27-24-7-4-8-26(24)33-29(34-27)36-16-21(17-36)20-6-5-11-35(15-20)22-13-30(3,14-22)28(37)38;1-16-6-7-23(24(28)9-16)18(3)30-25-17(2)12-29-27(31-25)33-14-21(15-33)19-5-4-8-32(13-19)22-10-20(11-22)26(34)35;1-17-6-7-24(25(28)9-17)19(3)30-26-18(2)12-29-27(31-26)33-14-22(15-33)21-5-4-8-32(13-21)23-10-20(11-23)16-34;1-17-8-9-22(23(27)11-17)19(3)29-24-18(2)12-28-25(30-24)32-14-21(15-32)20-7-6-10-31(13-20)16-26(4,5)33/h9-10,12,19-22H,4-8,11,13-17H2,1-3H3,(H,37,38)(H,32,33,34);6-7,9,12,18-22H,4-5,8,10-11,13-15H2,1-3H3,(H,34,35)(H,29,30,31);6-7,9,12,19-23,34H,4-5,8,10-11,13-16H2,1-3H3,(H,29,30,31);8-9,11-12,19-21,33H,6-7,10,13-16H2,1-5H3,(H,28,29,30)/t19-,20+,22?,30?;18-,19+,20?,22?;19-,20?,21+,23?;19-,20+/m1111/s1. The zero-order valence-corrected chi connectivity index (χ0v) is 88.0. The van der Waals surface area contributed by atoms with E-state index in [1.807, 2.05) is 98.2 Å². The SMILES string of the molecule is Cc1ccc([C@@H](C)Nc2nc(N3CC([C@H]4CCCN(C5CC(C(=O)O)C5)C4)C3)ncc2C)c(Cl)c1.Cc1ccc([C@@H](C)Nc2nc(N3CC([C@H]4CCCN(C5CC(C)(C(=O)O)C5)C4)C3)nc3c2CCC3)c(Cl)c1.Cc1ccc([C@@H](C)Nc2nc(N3CC([C@H]4CCCN(C5CC(CO)C5)C4)C3)ncc2C)c(Cl)c1.Cc1ccc([C@@H](C)Nc2nc(N3CC([C@H]4CCCN(CC(C)(C)O)C4)C3)ncc2C)c(Cl)c1. The Kier molecular flexibility index (Phi) is 32.8. The summed E-state index contributed by atoms with van der Waals surface area (Å²) >= 11 is 26.0. The van der Waals surface area contributed by atoms with E-state index in [2.05, 4.69) is 165 Å². The van der Waals surface area contributed by atoms with Crippen LogP contribution in [0.25, 0.3) is 0 Å².